The number of ether oxygens (including phenoxy) is 2. The van der Waals surface area contributed by atoms with Crippen LogP contribution >= 0.6 is 11.6 Å². The summed E-state index contributed by atoms with van der Waals surface area (Å²) in [5.74, 6) is 0.401. The van der Waals surface area contributed by atoms with Gasteiger partial charge in [0, 0.05) is 24.7 Å². The van der Waals surface area contributed by atoms with Crippen LogP contribution < -0.4 is 10.1 Å². The molecule has 0 spiro atoms. The van der Waals surface area contributed by atoms with E-state index in [-0.39, 0.29) is 11.9 Å². The minimum atomic E-state index is -0.159. The highest BCUT2D eigenvalue weighted by molar-refractivity contribution is 6.31. The van der Waals surface area contributed by atoms with Gasteiger partial charge >= 0.3 is 0 Å². The second kappa shape index (κ2) is 9.03. The van der Waals surface area contributed by atoms with Gasteiger partial charge in [0.05, 0.1) is 31.9 Å². The predicted octanol–water partition coefficient (Wildman–Crippen LogP) is 3.15. The van der Waals surface area contributed by atoms with Crippen molar-refractivity contribution in [3.8, 4) is 5.75 Å². The van der Waals surface area contributed by atoms with Crippen LogP contribution in [-0.2, 0) is 4.74 Å². The molecule has 2 aromatic rings. The lowest BCUT2D eigenvalue weighted by molar-refractivity contribution is 0.0162. The third-order valence-electron chi connectivity index (χ3n) is 4.56. The van der Waals surface area contributed by atoms with E-state index in [0.29, 0.717) is 36.1 Å². The summed E-state index contributed by atoms with van der Waals surface area (Å²) in [7, 11) is 1.56. The molecule has 0 unspecified atom stereocenters. The third-order valence-corrected chi connectivity index (χ3v) is 4.90. The van der Waals surface area contributed by atoms with Crippen molar-refractivity contribution in [2.45, 2.75) is 6.04 Å². The van der Waals surface area contributed by atoms with Gasteiger partial charge in [-0.25, -0.2) is 0 Å². The summed E-state index contributed by atoms with van der Waals surface area (Å²) in [6.45, 7) is 3.43. The fourth-order valence-electron chi connectivity index (χ4n) is 3.19. The van der Waals surface area contributed by atoms with Gasteiger partial charge < -0.3 is 14.8 Å². The monoisotopic (exact) mass is 374 g/mol. The van der Waals surface area contributed by atoms with Crippen LogP contribution in [0.4, 0.5) is 0 Å². The lowest BCUT2D eigenvalue weighted by Gasteiger charge is -2.35. The number of halogens is 1. The van der Waals surface area contributed by atoms with Gasteiger partial charge in [0.25, 0.3) is 5.91 Å². The number of rotatable bonds is 6. The Morgan fingerprint density at radius 2 is 1.88 bits per heavy atom. The van der Waals surface area contributed by atoms with E-state index in [2.05, 4.69) is 10.2 Å². The molecule has 1 aliphatic rings. The number of morpholine rings is 1. The molecular weight excluding hydrogens is 352 g/mol. The average Bonchev–Trinajstić information content (AvgIpc) is 2.70. The summed E-state index contributed by atoms with van der Waals surface area (Å²) < 4.78 is 10.7. The van der Waals surface area contributed by atoms with Crippen LogP contribution in [0.25, 0.3) is 0 Å². The van der Waals surface area contributed by atoms with Crippen molar-refractivity contribution in [2.24, 2.45) is 0 Å². The van der Waals surface area contributed by atoms with E-state index in [1.165, 1.54) is 0 Å². The van der Waals surface area contributed by atoms with Crippen molar-refractivity contribution in [3.63, 3.8) is 0 Å². The van der Waals surface area contributed by atoms with Crippen molar-refractivity contribution in [2.75, 3.05) is 40.0 Å². The van der Waals surface area contributed by atoms with Crippen LogP contribution in [0.15, 0.2) is 48.5 Å². The minimum Gasteiger partial charge on any atom is -0.496 e. The first-order valence-corrected chi connectivity index (χ1v) is 9.06. The molecule has 1 atom stereocenters. The molecule has 1 amide bonds. The molecule has 5 nitrogen and oxygen atoms in total. The maximum Gasteiger partial charge on any atom is 0.255 e. The summed E-state index contributed by atoms with van der Waals surface area (Å²) in [6.07, 6.45) is 0. The Hall–Kier alpha value is -2.08. The van der Waals surface area contributed by atoms with Crippen LogP contribution in [0, 0.1) is 0 Å². The Balaban J connectivity index is 1.77. The lowest BCUT2D eigenvalue weighted by atomic mass is 10.0. The smallest absolute Gasteiger partial charge is 0.255 e. The zero-order valence-corrected chi connectivity index (χ0v) is 15.5. The van der Waals surface area contributed by atoms with Crippen molar-refractivity contribution in [1.82, 2.24) is 10.2 Å². The van der Waals surface area contributed by atoms with Gasteiger partial charge in [-0.05, 0) is 23.8 Å². The summed E-state index contributed by atoms with van der Waals surface area (Å²) in [4.78, 5) is 15.0. The van der Waals surface area contributed by atoms with Gasteiger partial charge in [0.2, 0.25) is 0 Å². The molecule has 0 bridgehead atoms. The Morgan fingerprint density at radius 3 is 2.62 bits per heavy atom. The van der Waals surface area contributed by atoms with E-state index in [0.717, 1.165) is 18.7 Å². The highest BCUT2D eigenvalue weighted by Crippen LogP contribution is 2.28. The highest BCUT2D eigenvalue weighted by Gasteiger charge is 2.25. The Morgan fingerprint density at radius 1 is 1.19 bits per heavy atom. The van der Waals surface area contributed by atoms with Crippen molar-refractivity contribution < 1.29 is 14.3 Å². The van der Waals surface area contributed by atoms with Crippen LogP contribution in [-0.4, -0.2) is 50.8 Å². The molecule has 138 valence electrons. The average molecular weight is 375 g/mol. The van der Waals surface area contributed by atoms with Gasteiger partial charge in [-0.15, -0.1) is 0 Å². The number of amides is 1. The molecular formula is C20H23ClN2O3. The second-order valence-electron chi connectivity index (χ2n) is 6.10. The van der Waals surface area contributed by atoms with Crippen LogP contribution in [0.2, 0.25) is 5.02 Å². The minimum absolute atomic E-state index is 0.00810. The van der Waals surface area contributed by atoms with E-state index in [1.54, 1.807) is 19.2 Å². The molecule has 0 radical (unpaired) electrons. The van der Waals surface area contributed by atoms with Gasteiger partial charge in [-0.2, -0.15) is 0 Å². The number of nitrogens with zero attached hydrogens (tertiary/aromatic N) is 1. The molecule has 1 heterocycles. The molecule has 26 heavy (non-hydrogen) atoms. The molecule has 1 aliphatic heterocycles. The van der Waals surface area contributed by atoms with Crippen molar-refractivity contribution in [1.29, 1.82) is 0 Å². The number of nitrogens with one attached hydrogen (secondary N) is 1. The highest BCUT2D eigenvalue weighted by atomic mass is 35.5. The maximum absolute atomic E-state index is 12.7. The number of para-hydroxylation sites is 1. The molecule has 0 aromatic heterocycles. The molecule has 1 saturated heterocycles. The first kappa shape index (κ1) is 18.7. The van der Waals surface area contributed by atoms with Gasteiger partial charge in [0.15, 0.2) is 0 Å². The molecule has 0 saturated carbocycles. The fraction of sp³-hybridized carbons (Fsp3) is 0.350. The fourth-order valence-corrected chi connectivity index (χ4v) is 3.45. The van der Waals surface area contributed by atoms with Gasteiger partial charge in [-0.1, -0.05) is 41.9 Å². The normalized spacial score (nSPS) is 16.1. The van der Waals surface area contributed by atoms with E-state index in [4.69, 9.17) is 21.1 Å². The number of methoxy groups -OCH3 is 1. The summed E-state index contributed by atoms with van der Waals surface area (Å²) in [5, 5.41) is 3.74. The van der Waals surface area contributed by atoms with Crippen molar-refractivity contribution in [3.05, 3.63) is 64.7 Å². The zero-order chi connectivity index (χ0) is 18.4. The number of hydrogen-bond acceptors (Lipinski definition) is 4. The van der Waals surface area contributed by atoms with Gasteiger partial charge in [0.1, 0.15) is 5.75 Å². The quantitative estimate of drug-likeness (QED) is 0.843. The first-order valence-electron chi connectivity index (χ1n) is 8.68. The van der Waals surface area contributed by atoms with E-state index in [9.17, 15) is 4.79 Å². The number of carbonyl (C=O) groups is 1. The van der Waals surface area contributed by atoms with Crippen molar-refractivity contribution >= 4 is 17.5 Å². The van der Waals surface area contributed by atoms with Gasteiger partial charge in [-0.3, -0.25) is 9.69 Å². The Kier molecular flexibility index (Phi) is 6.50. The summed E-state index contributed by atoms with van der Waals surface area (Å²) >= 11 is 6.43. The largest absolute Gasteiger partial charge is 0.496 e. The van der Waals surface area contributed by atoms with E-state index >= 15 is 0 Å². The maximum atomic E-state index is 12.7. The van der Waals surface area contributed by atoms with Crippen LogP contribution in [0.5, 0.6) is 5.75 Å². The van der Waals surface area contributed by atoms with E-state index < -0.39 is 0 Å². The summed E-state index contributed by atoms with van der Waals surface area (Å²) in [5.41, 5.74) is 1.53. The lowest BCUT2D eigenvalue weighted by Crippen LogP contribution is -2.44. The predicted molar refractivity (Wildman–Crippen MR) is 102 cm³/mol. The summed E-state index contributed by atoms with van der Waals surface area (Å²) in [6, 6.07) is 15.0. The third kappa shape index (κ3) is 4.36. The molecule has 1 fully saturated rings. The Bertz CT molecular complexity index is 747. The topological polar surface area (TPSA) is 50.8 Å². The molecule has 2 aromatic carbocycles. The van der Waals surface area contributed by atoms with Crippen LogP contribution in [0.3, 0.4) is 0 Å². The van der Waals surface area contributed by atoms with Crippen LogP contribution in [0.1, 0.15) is 22.0 Å². The molecule has 1 N–H and O–H groups in total. The number of benzene rings is 2. The number of hydrogen-bond donors (Lipinski definition) is 1. The SMILES string of the molecule is COc1ccccc1C(=O)NC[C@@H](c1ccccc1Cl)N1CCOCC1. The first-order chi connectivity index (χ1) is 12.7. The zero-order valence-electron chi connectivity index (χ0n) is 14.8. The standard InChI is InChI=1S/C20H23ClN2O3/c1-25-19-9-5-3-7-16(19)20(24)22-14-18(23-10-12-26-13-11-23)15-6-2-4-8-17(15)21/h2-9,18H,10-14H2,1H3,(H,22,24)/t18-/m0/s1. The number of carbonyl (C=O) groups excluding carboxylic acids is 1. The second-order valence-corrected chi connectivity index (χ2v) is 6.50. The molecule has 3 rings (SSSR count). The van der Waals surface area contributed by atoms with E-state index in [1.807, 2.05) is 36.4 Å². The molecule has 6 heteroatoms. The Labute approximate surface area is 158 Å². The molecule has 0 aliphatic carbocycles.